The molecule has 0 fully saturated rings. The number of ether oxygens (including phenoxy) is 1. The highest BCUT2D eigenvalue weighted by molar-refractivity contribution is 6.04. The number of halogens is 1. The number of nitrogens with zero attached hydrogens (tertiary/aromatic N) is 5. The first kappa shape index (κ1) is 18.9. The van der Waals surface area contributed by atoms with Crippen LogP contribution in [0.2, 0.25) is 0 Å². The molecular weight excluding hydrogens is 373 g/mol. The van der Waals surface area contributed by atoms with Gasteiger partial charge in [-0.2, -0.15) is 10.4 Å². The summed E-state index contributed by atoms with van der Waals surface area (Å²) in [5, 5.41) is 13.6. The van der Waals surface area contributed by atoms with E-state index in [-0.39, 0.29) is 17.8 Å². The Kier molecular flexibility index (Phi) is 4.28. The number of methoxy groups -OCH3 is 1. The number of pyridine rings is 2. The smallest absolute Gasteiger partial charge is 0.178 e. The summed E-state index contributed by atoms with van der Waals surface area (Å²) < 4.78 is 21.6. The van der Waals surface area contributed by atoms with E-state index < -0.39 is 16.8 Å². The van der Waals surface area contributed by atoms with Crippen LogP contribution < -0.4 is 0 Å². The van der Waals surface area contributed by atoms with Crippen molar-refractivity contribution < 1.29 is 13.9 Å². The average Bonchev–Trinajstić information content (AvgIpc) is 3.17. The highest BCUT2D eigenvalue weighted by Crippen LogP contribution is 2.47. The minimum atomic E-state index is -1.16. The van der Waals surface area contributed by atoms with Crippen LogP contribution in [0.5, 0.6) is 0 Å². The number of nitriles is 1. The standard InChI is InChI=1S/C21H18FN5O2/c1-20(2)11-21(29-3,8-14(9-23)19(20)28)18-16(7-15(22)10-24-18)13-4-5-27-17(6-13)25-12-26-27/h4-8,10,12H,11H2,1-3H3. The quantitative estimate of drug-likeness (QED) is 0.681. The zero-order valence-corrected chi connectivity index (χ0v) is 16.2. The summed E-state index contributed by atoms with van der Waals surface area (Å²) in [6.45, 7) is 3.53. The molecule has 0 radical (unpaired) electrons. The van der Waals surface area contributed by atoms with Crippen LogP contribution in [0.3, 0.4) is 0 Å². The van der Waals surface area contributed by atoms with Gasteiger partial charge >= 0.3 is 0 Å². The van der Waals surface area contributed by atoms with Gasteiger partial charge in [-0.05, 0) is 36.3 Å². The van der Waals surface area contributed by atoms with Gasteiger partial charge in [-0.15, -0.1) is 0 Å². The molecule has 0 N–H and O–H groups in total. The average molecular weight is 391 g/mol. The van der Waals surface area contributed by atoms with Gasteiger partial charge in [0.25, 0.3) is 0 Å². The Balaban J connectivity index is 1.98. The van der Waals surface area contributed by atoms with Gasteiger partial charge in [0.1, 0.15) is 23.8 Å². The van der Waals surface area contributed by atoms with E-state index in [1.807, 2.05) is 6.07 Å². The van der Waals surface area contributed by atoms with E-state index >= 15 is 0 Å². The number of carbonyl (C=O) groups excluding carboxylic acids is 1. The lowest BCUT2D eigenvalue weighted by atomic mass is 9.68. The van der Waals surface area contributed by atoms with Gasteiger partial charge in [-0.3, -0.25) is 9.78 Å². The zero-order chi connectivity index (χ0) is 20.8. The first-order valence-electron chi connectivity index (χ1n) is 8.98. The van der Waals surface area contributed by atoms with Crippen LogP contribution in [0, 0.1) is 22.6 Å². The Bertz CT molecular complexity index is 1210. The summed E-state index contributed by atoms with van der Waals surface area (Å²) in [5.41, 5.74) is 0.190. The predicted molar refractivity (Wildman–Crippen MR) is 102 cm³/mol. The molecule has 0 saturated heterocycles. The summed E-state index contributed by atoms with van der Waals surface area (Å²) in [6, 6.07) is 6.88. The Labute approximate surface area is 166 Å². The van der Waals surface area contributed by atoms with Gasteiger partial charge in [-0.25, -0.2) is 13.9 Å². The molecule has 1 aliphatic carbocycles. The molecule has 0 spiro atoms. The number of aromatic nitrogens is 4. The number of hydrogen-bond donors (Lipinski definition) is 0. The molecule has 0 bridgehead atoms. The maximum absolute atomic E-state index is 14.2. The lowest BCUT2D eigenvalue weighted by Crippen LogP contribution is -2.43. The monoisotopic (exact) mass is 391 g/mol. The molecule has 0 amide bonds. The molecular formula is C21H18FN5O2. The fraction of sp³-hybridized carbons (Fsp3) is 0.286. The van der Waals surface area contributed by atoms with Gasteiger partial charge in [-0.1, -0.05) is 13.8 Å². The second-order valence-corrected chi connectivity index (χ2v) is 7.68. The lowest BCUT2D eigenvalue weighted by molar-refractivity contribution is -0.128. The Hall–Kier alpha value is -3.44. The maximum Gasteiger partial charge on any atom is 0.178 e. The van der Waals surface area contributed by atoms with Gasteiger partial charge in [0.2, 0.25) is 0 Å². The van der Waals surface area contributed by atoms with Crippen molar-refractivity contribution in [1.29, 1.82) is 5.26 Å². The molecule has 3 aromatic rings. The van der Waals surface area contributed by atoms with Gasteiger partial charge < -0.3 is 4.74 Å². The Morgan fingerprint density at radius 2 is 2.10 bits per heavy atom. The fourth-order valence-corrected chi connectivity index (χ4v) is 3.89. The summed E-state index contributed by atoms with van der Waals surface area (Å²) in [4.78, 5) is 21.1. The van der Waals surface area contributed by atoms with Crippen molar-refractivity contribution in [2.24, 2.45) is 5.41 Å². The third kappa shape index (κ3) is 3.00. The molecule has 3 aromatic heterocycles. The summed E-state index contributed by atoms with van der Waals surface area (Å²) >= 11 is 0. The van der Waals surface area contributed by atoms with Crippen molar-refractivity contribution in [3.8, 4) is 17.2 Å². The van der Waals surface area contributed by atoms with E-state index in [2.05, 4.69) is 15.1 Å². The molecule has 8 heteroatoms. The second-order valence-electron chi connectivity index (χ2n) is 7.68. The van der Waals surface area contributed by atoms with Crippen LogP contribution >= 0.6 is 0 Å². The lowest BCUT2D eigenvalue weighted by Gasteiger charge is -2.40. The highest BCUT2D eigenvalue weighted by Gasteiger charge is 2.48. The molecule has 29 heavy (non-hydrogen) atoms. The first-order valence-corrected chi connectivity index (χ1v) is 8.98. The number of Topliss-reactive ketones (excluding diaryl/α,β-unsaturated/α-hetero) is 1. The minimum absolute atomic E-state index is 0.00749. The molecule has 7 nitrogen and oxygen atoms in total. The van der Waals surface area contributed by atoms with Crippen LogP contribution in [0.25, 0.3) is 16.8 Å². The number of hydrogen-bond acceptors (Lipinski definition) is 6. The SMILES string of the molecule is COC1(c2ncc(F)cc2-c2ccn3ncnc3c2)C=C(C#N)C(=O)C(C)(C)C1. The molecule has 0 aliphatic heterocycles. The van der Waals surface area contributed by atoms with E-state index in [0.29, 0.717) is 22.5 Å². The number of rotatable bonds is 3. The van der Waals surface area contributed by atoms with E-state index in [9.17, 15) is 14.4 Å². The van der Waals surface area contributed by atoms with Crippen molar-refractivity contribution in [2.45, 2.75) is 25.9 Å². The number of ketones is 1. The summed E-state index contributed by atoms with van der Waals surface area (Å²) in [5.74, 6) is -0.756. The molecule has 4 rings (SSSR count). The number of allylic oxidation sites excluding steroid dienone is 1. The summed E-state index contributed by atoms with van der Waals surface area (Å²) in [7, 11) is 1.49. The third-order valence-electron chi connectivity index (χ3n) is 5.27. The van der Waals surface area contributed by atoms with Crippen LogP contribution in [-0.2, 0) is 15.1 Å². The van der Waals surface area contributed by atoms with E-state index in [4.69, 9.17) is 4.74 Å². The largest absolute Gasteiger partial charge is 0.368 e. The first-order chi connectivity index (χ1) is 13.8. The van der Waals surface area contributed by atoms with Crippen LogP contribution in [0.4, 0.5) is 4.39 Å². The molecule has 1 atom stereocenters. The maximum atomic E-state index is 14.2. The number of carbonyl (C=O) groups is 1. The van der Waals surface area contributed by atoms with Crippen molar-refractivity contribution in [2.75, 3.05) is 7.11 Å². The van der Waals surface area contributed by atoms with E-state index in [1.165, 1.54) is 25.6 Å². The molecule has 1 aliphatic rings. The van der Waals surface area contributed by atoms with Crippen molar-refractivity contribution in [3.63, 3.8) is 0 Å². The van der Waals surface area contributed by atoms with Gasteiger partial charge in [0, 0.05) is 24.3 Å². The van der Waals surface area contributed by atoms with Crippen LogP contribution in [-0.4, -0.2) is 32.5 Å². The minimum Gasteiger partial charge on any atom is -0.368 e. The highest BCUT2D eigenvalue weighted by atomic mass is 19.1. The van der Waals surface area contributed by atoms with Crippen LogP contribution in [0.15, 0.2) is 48.6 Å². The van der Waals surface area contributed by atoms with Gasteiger partial charge in [0.15, 0.2) is 11.4 Å². The van der Waals surface area contributed by atoms with E-state index in [0.717, 1.165) is 6.20 Å². The molecule has 0 aromatic carbocycles. The molecule has 0 saturated carbocycles. The normalized spacial score (nSPS) is 21.1. The van der Waals surface area contributed by atoms with Crippen molar-refractivity contribution in [1.82, 2.24) is 19.6 Å². The number of fused-ring (bicyclic) bond motifs is 1. The van der Waals surface area contributed by atoms with Crippen LogP contribution in [0.1, 0.15) is 26.0 Å². The van der Waals surface area contributed by atoms with Crippen molar-refractivity contribution in [3.05, 3.63) is 60.1 Å². The van der Waals surface area contributed by atoms with Crippen molar-refractivity contribution >= 4 is 11.4 Å². The zero-order valence-electron chi connectivity index (χ0n) is 16.2. The molecule has 3 heterocycles. The third-order valence-corrected chi connectivity index (χ3v) is 5.27. The fourth-order valence-electron chi connectivity index (χ4n) is 3.89. The van der Waals surface area contributed by atoms with Gasteiger partial charge in [0.05, 0.1) is 17.5 Å². The molecule has 1 unspecified atom stereocenters. The topological polar surface area (TPSA) is 93.2 Å². The van der Waals surface area contributed by atoms with E-state index in [1.54, 1.807) is 36.7 Å². The predicted octanol–water partition coefficient (Wildman–Crippen LogP) is 3.22. The Morgan fingerprint density at radius 1 is 1.31 bits per heavy atom. The Morgan fingerprint density at radius 3 is 2.83 bits per heavy atom. The summed E-state index contributed by atoms with van der Waals surface area (Å²) in [6.07, 6.45) is 6.02. The second kappa shape index (κ2) is 6.57. The molecule has 146 valence electrons.